The van der Waals surface area contributed by atoms with Gasteiger partial charge in [-0.3, -0.25) is 14.3 Å². The lowest BCUT2D eigenvalue weighted by atomic mass is 10.1. The summed E-state index contributed by atoms with van der Waals surface area (Å²) in [5.74, 6) is -0.699. The zero-order valence-corrected chi connectivity index (χ0v) is 17.6. The van der Waals surface area contributed by atoms with Gasteiger partial charge in [0, 0.05) is 24.3 Å². The van der Waals surface area contributed by atoms with E-state index in [1.807, 2.05) is 12.1 Å². The van der Waals surface area contributed by atoms with E-state index in [1.54, 1.807) is 12.3 Å². The second kappa shape index (κ2) is 7.61. The van der Waals surface area contributed by atoms with E-state index in [2.05, 4.69) is 19.9 Å². The molecule has 1 aliphatic heterocycles. The Labute approximate surface area is 186 Å². The van der Waals surface area contributed by atoms with Crippen LogP contribution in [0.5, 0.6) is 5.88 Å². The largest absolute Gasteiger partial charge is 0.480 e. The first-order valence-electron chi connectivity index (χ1n) is 9.62. The van der Waals surface area contributed by atoms with Gasteiger partial charge in [0.1, 0.15) is 5.56 Å². The third-order valence-corrected chi connectivity index (χ3v) is 5.70. The monoisotopic (exact) mass is 449 g/mol. The first-order valence-corrected chi connectivity index (χ1v) is 10.0. The van der Waals surface area contributed by atoms with Crippen LogP contribution in [-0.2, 0) is 13.1 Å². The normalized spacial score (nSPS) is 12.8. The second-order valence-corrected chi connectivity index (χ2v) is 7.66. The maximum Gasteiger partial charge on any atom is 0.341 e. The summed E-state index contributed by atoms with van der Waals surface area (Å²) in [6, 6.07) is 7.17. The lowest BCUT2D eigenvalue weighted by molar-refractivity contribution is 0.0695. The van der Waals surface area contributed by atoms with E-state index in [0.717, 1.165) is 11.3 Å². The number of fused-ring (bicyclic) bond motifs is 2. The quantitative estimate of drug-likeness (QED) is 0.506. The van der Waals surface area contributed by atoms with Gasteiger partial charge in [0.25, 0.3) is 0 Å². The Morgan fingerprint density at radius 3 is 2.72 bits per heavy atom. The number of nitrogens with zero attached hydrogens (tertiary/aromatic N) is 5. The number of carboxylic acids is 1. The summed E-state index contributed by atoms with van der Waals surface area (Å²) >= 11 is 6.57. The topological polar surface area (TPSA) is 110 Å². The van der Waals surface area contributed by atoms with Gasteiger partial charge in [0.2, 0.25) is 11.3 Å². The molecule has 0 fully saturated rings. The van der Waals surface area contributed by atoms with Crippen molar-refractivity contribution in [2.45, 2.75) is 13.1 Å². The maximum absolute atomic E-state index is 12.9. The molecule has 160 valence electrons. The number of methoxy groups -OCH3 is 1. The highest BCUT2D eigenvalue weighted by Gasteiger charge is 2.24. The van der Waals surface area contributed by atoms with Crippen molar-refractivity contribution in [1.82, 2.24) is 19.5 Å². The molecular weight excluding hydrogens is 434 g/mol. The number of rotatable bonds is 4. The first kappa shape index (κ1) is 20.0. The number of carbonyl (C=O) groups is 1. The van der Waals surface area contributed by atoms with E-state index >= 15 is 0 Å². The molecule has 32 heavy (non-hydrogen) atoms. The average Bonchev–Trinajstić information content (AvgIpc) is 3.23. The summed E-state index contributed by atoms with van der Waals surface area (Å²) in [7, 11) is 1.47. The molecule has 0 spiro atoms. The van der Waals surface area contributed by atoms with Crippen molar-refractivity contribution < 1.29 is 14.6 Å². The molecule has 0 atom stereocenters. The minimum Gasteiger partial charge on any atom is -0.480 e. The molecule has 1 aliphatic rings. The summed E-state index contributed by atoms with van der Waals surface area (Å²) in [4.78, 5) is 39.5. The molecular formula is C22H16ClN5O4. The molecule has 5 rings (SSSR count). The molecule has 0 bridgehead atoms. The van der Waals surface area contributed by atoms with Gasteiger partial charge in [-0.2, -0.15) is 0 Å². The minimum absolute atomic E-state index is 0.172. The van der Waals surface area contributed by atoms with Gasteiger partial charge in [0.05, 0.1) is 48.0 Å². The maximum atomic E-state index is 12.9. The van der Waals surface area contributed by atoms with Gasteiger partial charge in [-0.15, -0.1) is 0 Å². The number of halogens is 1. The van der Waals surface area contributed by atoms with Crippen molar-refractivity contribution in [1.29, 1.82) is 0 Å². The highest BCUT2D eigenvalue weighted by Crippen LogP contribution is 2.35. The number of hydrogen-bond acceptors (Lipinski definition) is 7. The standard InChI is InChI=1S/C22H16ClN5O4/c1-32-20-8-25-19(7-26-20)28-10-14(22(30)31)21(29)13-5-15(23)18(6-17(13)28)27-9-12-3-2-4-24-16(12)11-27/h2-8,10H,9,11H2,1H3,(H,30,31). The number of ether oxygens (including phenoxy) is 1. The van der Waals surface area contributed by atoms with Gasteiger partial charge in [-0.25, -0.2) is 14.8 Å². The van der Waals surface area contributed by atoms with Crippen molar-refractivity contribution in [3.63, 3.8) is 0 Å². The molecule has 0 radical (unpaired) electrons. The third-order valence-electron chi connectivity index (χ3n) is 5.40. The first-order chi connectivity index (χ1) is 15.5. The minimum atomic E-state index is -1.34. The molecule has 4 heterocycles. The number of carboxylic acid groups (broad SMARTS) is 1. The van der Waals surface area contributed by atoms with Gasteiger partial charge in [-0.1, -0.05) is 17.7 Å². The predicted octanol–water partition coefficient (Wildman–Crippen LogP) is 3.06. The SMILES string of the molecule is COc1cnc(-n2cc(C(=O)O)c(=O)c3cc(Cl)c(N4Cc5cccnc5C4)cc32)cn1. The van der Waals surface area contributed by atoms with Crippen molar-refractivity contribution in [3.05, 3.63) is 81.1 Å². The van der Waals surface area contributed by atoms with Crippen LogP contribution in [0.3, 0.4) is 0 Å². The van der Waals surface area contributed by atoms with Gasteiger partial charge in [0.15, 0.2) is 5.82 Å². The Morgan fingerprint density at radius 2 is 2.03 bits per heavy atom. The van der Waals surface area contributed by atoms with Gasteiger partial charge < -0.3 is 14.7 Å². The molecule has 4 aromatic rings. The number of benzene rings is 1. The third kappa shape index (κ3) is 3.23. The van der Waals surface area contributed by atoms with Crippen molar-refractivity contribution in [3.8, 4) is 11.7 Å². The van der Waals surface area contributed by atoms with E-state index < -0.39 is 17.0 Å². The zero-order valence-electron chi connectivity index (χ0n) is 16.8. The van der Waals surface area contributed by atoms with E-state index in [1.165, 1.54) is 36.3 Å². The van der Waals surface area contributed by atoms with Crippen molar-refractivity contribution in [2.75, 3.05) is 12.0 Å². The number of aromatic carboxylic acids is 1. The van der Waals surface area contributed by atoms with Gasteiger partial charge in [-0.05, 0) is 23.8 Å². The Balaban J connectivity index is 1.72. The number of hydrogen-bond donors (Lipinski definition) is 1. The van der Waals surface area contributed by atoms with Crippen LogP contribution in [0.25, 0.3) is 16.7 Å². The van der Waals surface area contributed by atoms with Crippen molar-refractivity contribution >= 4 is 34.2 Å². The molecule has 0 unspecified atom stereocenters. The Bertz CT molecular complexity index is 1410. The Hall–Kier alpha value is -3.98. The van der Waals surface area contributed by atoms with Crippen LogP contribution in [0.1, 0.15) is 21.6 Å². The fourth-order valence-electron chi connectivity index (χ4n) is 3.83. The molecule has 0 amide bonds. The van der Waals surface area contributed by atoms with E-state index in [-0.39, 0.29) is 5.39 Å². The van der Waals surface area contributed by atoms with Gasteiger partial charge >= 0.3 is 5.97 Å². The molecule has 10 heteroatoms. The molecule has 0 saturated carbocycles. The number of aromatic nitrogens is 4. The second-order valence-electron chi connectivity index (χ2n) is 7.25. The van der Waals surface area contributed by atoms with E-state index in [0.29, 0.717) is 41.0 Å². The summed E-state index contributed by atoms with van der Waals surface area (Å²) in [5.41, 5.74) is 2.21. The summed E-state index contributed by atoms with van der Waals surface area (Å²) in [5, 5.41) is 10.1. The Morgan fingerprint density at radius 1 is 1.19 bits per heavy atom. The van der Waals surface area contributed by atoms with Crippen LogP contribution >= 0.6 is 11.6 Å². The Kier molecular flexibility index (Phi) is 4.75. The highest BCUT2D eigenvalue weighted by atomic mass is 35.5. The summed E-state index contributed by atoms with van der Waals surface area (Å²) < 4.78 is 6.57. The van der Waals surface area contributed by atoms with Crippen LogP contribution in [0.4, 0.5) is 5.69 Å². The van der Waals surface area contributed by atoms with Crippen LogP contribution in [0.15, 0.2) is 53.8 Å². The molecule has 3 aromatic heterocycles. The fraction of sp³-hybridized carbons (Fsp3) is 0.136. The predicted molar refractivity (Wildman–Crippen MR) is 118 cm³/mol. The molecule has 1 aromatic carbocycles. The van der Waals surface area contributed by atoms with Crippen LogP contribution in [0.2, 0.25) is 5.02 Å². The van der Waals surface area contributed by atoms with E-state index in [9.17, 15) is 14.7 Å². The average molecular weight is 450 g/mol. The lowest BCUT2D eigenvalue weighted by Gasteiger charge is -2.21. The summed E-state index contributed by atoms with van der Waals surface area (Å²) in [6.45, 7) is 1.19. The van der Waals surface area contributed by atoms with Crippen LogP contribution < -0.4 is 15.1 Å². The summed E-state index contributed by atoms with van der Waals surface area (Å²) in [6.07, 6.45) is 5.86. The van der Waals surface area contributed by atoms with Crippen molar-refractivity contribution in [2.24, 2.45) is 0 Å². The number of pyridine rings is 2. The van der Waals surface area contributed by atoms with Crippen LogP contribution in [0, 0.1) is 0 Å². The van der Waals surface area contributed by atoms with E-state index in [4.69, 9.17) is 16.3 Å². The zero-order chi connectivity index (χ0) is 22.4. The fourth-order valence-corrected chi connectivity index (χ4v) is 4.11. The molecule has 9 nitrogen and oxygen atoms in total. The molecule has 1 N–H and O–H groups in total. The molecule has 0 saturated heterocycles. The highest BCUT2D eigenvalue weighted by molar-refractivity contribution is 6.34. The lowest BCUT2D eigenvalue weighted by Crippen LogP contribution is -2.20. The van der Waals surface area contributed by atoms with Crippen LogP contribution in [-0.4, -0.2) is 37.7 Å². The molecule has 0 aliphatic carbocycles. The number of anilines is 1. The smallest absolute Gasteiger partial charge is 0.341 e.